The van der Waals surface area contributed by atoms with E-state index in [2.05, 4.69) is 34.5 Å². The second-order valence-corrected chi connectivity index (χ2v) is 5.93. The maximum Gasteiger partial charge on any atom is 0.159 e. The molecule has 0 saturated carbocycles. The van der Waals surface area contributed by atoms with E-state index in [0.29, 0.717) is 5.15 Å². The third-order valence-electron chi connectivity index (χ3n) is 4.26. The average molecular weight is 295 g/mol. The summed E-state index contributed by atoms with van der Waals surface area (Å²) in [6.45, 7) is 0. The van der Waals surface area contributed by atoms with Crippen LogP contribution in [0.2, 0.25) is 5.15 Å². The van der Waals surface area contributed by atoms with Crippen LogP contribution in [0.1, 0.15) is 24.0 Å². The van der Waals surface area contributed by atoms with Crippen molar-refractivity contribution < 1.29 is 0 Å². The van der Waals surface area contributed by atoms with Gasteiger partial charge in [0, 0.05) is 16.3 Å². The molecule has 0 radical (unpaired) electrons. The van der Waals surface area contributed by atoms with Crippen LogP contribution in [-0.4, -0.2) is 10.2 Å². The van der Waals surface area contributed by atoms with E-state index in [-0.39, 0.29) is 0 Å². The SMILES string of the molecule is Clc1nnc(-c2ccc3c(c2)CCCC3)c2ccccc12. The van der Waals surface area contributed by atoms with E-state index >= 15 is 0 Å². The molecule has 0 atom stereocenters. The van der Waals surface area contributed by atoms with Gasteiger partial charge in [-0.15, -0.1) is 10.2 Å². The van der Waals surface area contributed by atoms with Gasteiger partial charge in [0.05, 0.1) is 0 Å². The first-order valence-electron chi connectivity index (χ1n) is 7.36. The summed E-state index contributed by atoms with van der Waals surface area (Å²) in [5.41, 5.74) is 5.00. The highest BCUT2D eigenvalue weighted by Gasteiger charge is 2.13. The molecule has 0 unspecified atom stereocenters. The summed E-state index contributed by atoms with van der Waals surface area (Å²) in [5.74, 6) is 0. The zero-order chi connectivity index (χ0) is 14.2. The first-order chi connectivity index (χ1) is 10.3. The van der Waals surface area contributed by atoms with Crippen LogP contribution >= 0.6 is 11.6 Å². The molecule has 1 heterocycles. The first kappa shape index (κ1) is 12.8. The van der Waals surface area contributed by atoms with Crippen molar-refractivity contribution in [1.29, 1.82) is 0 Å². The van der Waals surface area contributed by atoms with Crippen LogP contribution in [0.3, 0.4) is 0 Å². The standard InChI is InChI=1S/C18H15ClN2/c19-18-16-8-4-3-7-15(16)17(20-21-18)14-10-9-12-5-1-2-6-13(12)11-14/h3-4,7-11H,1-2,5-6H2. The van der Waals surface area contributed by atoms with E-state index in [0.717, 1.165) is 22.0 Å². The predicted octanol–water partition coefficient (Wildman–Crippen LogP) is 4.83. The van der Waals surface area contributed by atoms with Crippen molar-refractivity contribution in [2.45, 2.75) is 25.7 Å². The topological polar surface area (TPSA) is 25.8 Å². The lowest BCUT2D eigenvalue weighted by molar-refractivity contribution is 0.686. The molecule has 0 saturated heterocycles. The molecule has 0 fully saturated rings. The Balaban J connectivity index is 1.92. The molecule has 21 heavy (non-hydrogen) atoms. The third-order valence-corrected chi connectivity index (χ3v) is 4.54. The lowest BCUT2D eigenvalue weighted by Crippen LogP contribution is -2.02. The van der Waals surface area contributed by atoms with Gasteiger partial charge in [0.1, 0.15) is 5.69 Å². The fourth-order valence-electron chi connectivity index (χ4n) is 3.17. The first-order valence-corrected chi connectivity index (χ1v) is 7.74. The maximum atomic E-state index is 6.16. The molecule has 2 nitrogen and oxygen atoms in total. The highest BCUT2D eigenvalue weighted by atomic mass is 35.5. The van der Waals surface area contributed by atoms with Crippen molar-refractivity contribution >= 4 is 22.4 Å². The number of nitrogens with zero attached hydrogens (tertiary/aromatic N) is 2. The van der Waals surface area contributed by atoms with Gasteiger partial charge in [0.15, 0.2) is 5.15 Å². The van der Waals surface area contributed by atoms with Crippen molar-refractivity contribution in [3.63, 3.8) is 0 Å². The normalized spacial score (nSPS) is 14.1. The second-order valence-electron chi connectivity index (χ2n) is 5.58. The van der Waals surface area contributed by atoms with Crippen LogP contribution < -0.4 is 0 Å². The molecule has 2 aromatic carbocycles. The Morgan fingerprint density at radius 2 is 1.57 bits per heavy atom. The van der Waals surface area contributed by atoms with Gasteiger partial charge >= 0.3 is 0 Å². The quantitative estimate of drug-likeness (QED) is 0.642. The van der Waals surface area contributed by atoms with Crippen molar-refractivity contribution in [2.24, 2.45) is 0 Å². The number of halogens is 1. The molecule has 3 heteroatoms. The minimum atomic E-state index is 0.465. The zero-order valence-electron chi connectivity index (χ0n) is 11.6. The summed E-state index contributed by atoms with van der Waals surface area (Å²) in [6.07, 6.45) is 4.95. The minimum absolute atomic E-state index is 0.465. The molecule has 3 aromatic rings. The average Bonchev–Trinajstić information content (AvgIpc) is 2.55. The number of aromatic nitrogens is 2. The van der Waals surface area contributed by atoms with E-state index in [1.807, 2.05) is 18.2 Å². The van der Waals surface area contributed by atoms with E-state index in [4.69, 9.17) is 11.6 Å². The fourth-order valence-corrected chi connectivity index (χ4v) is 3.37. The molecule has 0 N–H and O–H groups in total. The van der Waals surface area contributed by atoms with Gasteiger partial charge in [-0.1, -0.05) is 48.0 Å². The molecule has 4 rings (SSSR count). The number of hydrogen-bond acceptors (Lipinski definition) is 2. The van der Waals surface area contributed by atoms with Crippen molar-refractivity contribution in [3.8, 4) is 11.3 Å². The molecular formula is C18H15ClN2. The van der Waals surface area contributed by atoms with Crippen LogP contribution in [0, 0.1) is 0 Å². The van der Waals surface area contributed by atoms with Gasteiger partial charge in [-0.2, -0.15) is 0 Å². The Bertz CT molecular complexity index is 827. The summed E-state index contributed by atoms with van der Waals surface area (Å²) in [7, 11) is 0. The summed E-state index contributed by atoms with van der Waals surface area (Å²) in [4.78, 5) is 0. The number of rotatable bonds is 1. The smallest absolute Gasteiger partial charge is 0.148 e. The van der Waals surface area contributed by atoms with Gasteiger partial charge in [0.2, 0.25) is 0 Å². The van der Waals surface area contributed by atoms with Gasteiger partial charge in [-0.05, 0) is 42.9 Å². The highest BCUT2D eigenvalue weighted by Crippen LogP contribution is 2.32. The van der Waals surface area contributed by atoms with E-state index in [1.54, 1.807) is 0 Å². The summed E-state index contributed by atoms with van der Waals surface area (Å²) >= 11 is 6.16. The monoisotopic (exact) mass is 294 g/mol. The maximum absolute atomic E-state index is 6.16. The molecule has 0 aliphatic heterocycles. The summed E-state index contributed by atoms with van der Waals surface area (Å²) in [5, 5.41) is 10.9. The molecule has 1 aliphatic carbocycles. The number of fused-ring (bicyclic) bond motifs is 2. The Morgan fingerprint density at radius 3 is 2.43 bits per heavy atom. The van der Waals surface area contributed by atoms with Crippen molar-refractivity contribution in [2.75, 3.05) is 0 Å². The molecule has 0 bridgehead atoms. The third kappa shape index (κ3) is 2.20. The summed E-state index contributed by atoms with van der Waals surface area (Å²) in [6, 6.07) is 14.7. The second kappa shape index (κ2) is 5.12. The molecule has 0 spiro atoms. The lowest BCUT2D eigenvalue weighted by Gasteiger charge is -2.16. The minimum Gasteiger partial charge on any atom is -0.148 e. The largest absolute Gasteiger partial charge is 0.159 e. The molecular weight excluding hydrogens is 280 g/mol. The Kier molecular flexibility index (Phi) is 3.12. The van der Waals surface area contributed by atoms with Crippen LogP contribution in [0.25, 0.3) is 22.0 Å². The van der Waals surface area contributed by atoms with Crippen LogP contribution in [0.15, 0.2) is 42.5 Å². The number of benzene rings is 2. The molecule has 0 amide bonds. The van der Waals surface area contributed by atoms with Crippen LogP contribution in [0.5, 0.6) is 0 Å². The molecule has 1 aliphatic rings. The van der Waals surface area contributed by atoms with Crippen LogP contribution in [0.4, 0.5) is 0 Å². The fraction of sp³-hybridized carbons (Fsp3) is 0.222. The highest BCUT2D eigenvalue weighted by molar-refractivity contribution is 6.34. The number of aryl methyl sites for hydroxylation is 2. The van der Waals surface area contributed by atoms with Crippen molar-refractivity contribution in [1.82, 2.24) is 10.2 Å². The van der Waals surface area contributed by atoms with Gasteiger partial charge in [0.25, 0.3) is 0 Å². The van der Waals surface area contributed by atoms with Crippen LogP contribution in [-0.2, 0) is 12.8 Å². The van der Waals surface area contributed by atoms with E-state index in [9.17, 15) is 0 Å². The Labute approximate surface area is 128 Å². The lowest BCUT2D eigenvalue weighted by atomic mass is 9.89. The summed E-state index contributed by atoms with van der Waals surface area (Å²) < 4.78 is 0. The predicted molar refractivity (Wildman–Crippen MR) is 86.6 cm³/mol. The van der Waals surface area contributed by atoms with Crippen molar-refractivity contribution in [3.05, 3.63) is 58.7 Å². The zero-order valence-corrected chi connectivity index (χ0v) is 12.4. The van der Waals surface area contributed by atoms with Gasteiger partial charge in [-0.25, -0.2) is 0 Å². The van der Waals surface area contributed by atoms with Gasteiger partial charge in [-0.3, -0.25) is 0 Å². The Morgan fingerprint density at radius 1 is 0.810 bits per heavy atom. The molecule has 104 valence electrons. The van der Waals surface area contributed by atoms with E-state index < -0.39 is 0 Å². The van der Waals surface area contributed by atoms with E-state index in [1.165, 1.54) is 36.8 Å². The van der Waals surface area contributed by atoms with Gasteiger partial charge < -0.3 is 0 Å². The molecule has 1 aromatic heterocycles. The Hall–Kier alpha value is -1.93. The number of hydrogen-bond donors (Lipinski definition) is 0.